The monoisotopic (exact) mass is 282 g/mol. The fourth-order valence-corrected chi connectivity index (χ4v) is 2.61. The number of hydrogen-bond donors (Lipinski definition) is 1. The average molecular weight is 282 g/mol. The van der Waals surface area contributed by atoms with E-state index in [0.717, 1.165) is 6.42 Å². The molecule has 2 rings (SSSR count). The van der Waals surface area contributed by atoms with Gasteiger partial charge in [-0.05, 0) is 43.5 Å². The summed E-state index contributed by atoms with van der Waals surface area (Å²) in [4.78, 5) is 2.12. The molecular weight excluding hydrogens is 256 g/mol. The van der Waals surface area contributed by atoms with Crippen molar-refractivity contribution >= 4 is 5.69 Å². The largest absolute Gasteiger partial charge is 0.378 e. The minimum Gasteiger partial charge on any atom is -0.378 e. The lowest BCUT2D eigenvalue weighted by Crippen LogP contribution is -2.30. The molecule has 0 saturated heterocycles. The number of nitrogens with one attached hydrogen (secondary N) is 1. The van der Waals surface area contributed by atoms with Gasteiger partial charge in [-0.2, -0.15) is 0 Å². The molecule has 0 amide bonds. The van der Waals surface area contributed by atoms with Crippen LogP contribution in [0.1, 0.15) is 31.0 Å². The molecule has 0 saturated carbocycles. The lowest BCUT2D eigenvalue weighted by molar-refractivity contribution is 0.477. The van der Waals surface area contributed by atoms with Crippen molar-refractivity contribution in [3.8, 4) is 0 Å². The quantitative estimate of drug-likeness (QED) is 0.860. The van der Waals surface area contributed by atoms with Gasteiger partial charge in [0.2, 0.25) is 0 Å². The van der Waals surface area contributed by atoms with Crippen molar-refractivity contribution in [2.24, 2.45) is 0 Å². The summed E-state index contributed by atoms with van der Waals surface area (Å²) in [5, 5.41) is 3.68. The van der Waals surface area contributed by atoms with Crippen molar-refractivity contribution in [1.82, 2.24) is 5.32 Å². The van der Waals surface area contributed by atoms with E-state index in [2.05, 4.69) is 92.8 Å². The maximum Gasteiger partial charge on any atom is 0.0361 e. The fraction of sp³-hybridized carbons (Fsp3) is 0.368. The highest BCUT2D eigenvalue weighted by molar-refractivity contribution is 5.46. The van der Waals surface area contributed by atoms with Crippen LogP contribution in [0.3, 0.4) is 0 Å². The molecule has 0 fully saturated rings. The lowest BCUT2D eigenvalue weighted by Gasteiger charge is -2.21. The second kappa shape index (κ2) is 7.28. The van der Waals surface area contributed by atoms with Crippen LogP contribution in [0.25, 0.3) is 0 Å². The highest BCUT2D eigenvalue weighted by atomic mass is 15.1. The second-order valence-corrected chi connectivity index (χ2v) is 5.97. The molecule has 2 nitrogen and oxygen atoms in total. The van der Waals surface area contributed by atoms with Gasteiger partial charge in [-0.1, -0.05) is 42.5 Å². The zero-order chi connectivity index (χ0) is 15.2. The Morgan fingerprint density at radius 3 is 2.10 bits per heavy atom. The summed E-state index contributed by atoms with van der Waals surface area (Å²) in [7, 11) is 4.14. The summed E-state index contributed by atoms with van der Waals surface area (Å²) < 4.78 is 0. The number of hydrogen-bond acceptors (Lipinski definition) is 2. The van der Waals surface area contributed by atoms with E-state index in [1.807, 2.05) is 0 Å². The van der Waals surface area contributed by atoms with Gasteiger partial charge in [0.25, 0.3) is 0 Å². The van der Waals surface area contributed by atoms with Crippen LogP contribution < -0.4 is 10.2 Å². The minimum absolute atomic E-state index is 0.361. The summed E-state index contributed by atoms with van der Waals surface area (Å²) in [6.07, 6.45) is 1.06. The zero-order valence-corrected chi connectivity index (χ0v) is 13.5. The molecule has 2 aromatic rings. The third kappa shape index (κ3) is 4.61. The summed E-state index contributed by atoms with van der Waals surface area (Å²) in [5.41, 5.74) is 3.96. The molecule has 0 bridgehead atoms. The van der Waals surface area contributed by atoms with Gasteiger partial charge in [-0.3, -0.25) is 0 Å². The average Bonchev–Trinajstić information content (AvgIpc) is 2.48. The molecule has 2 unspecified atom stereocenters. The number of nitrogens with zero attached hydrogens (tertiary/aromatic N) is 1. The van der Waals surface area contributed by atoms with Gasteiger partial charge in [0.15, 0.2) is 0 Å². The predicted octanol–water partition coefficient (Wildman–Crippen LogP) is 4.03. The zero-order valence-electron chi connectivity index (χ0n) is 13.5. The van der Waals surface area contributed by atoms with E-state index in [1.54, 1.807) is 0 Å². The Labute approximate surface area is 128 Å². The lowest BCUT2D eigenvalue weighted by atomic mass is 10.0. The van der Waals surface area contributed by atoms with Crippen LogP contribution in [0.5, 0.6) is 0 Å². The maximum absolute atomic E-state index is 3.68. The Bertz CT molecular complexity index is 531. The summed E-state index contributed by atoms with van der Waals surface area (Å²) in [6.45, 7) is 4.48. The molecule has 21 heavy (non-hydrogen) atoms. The van der Waals surface area contributed by atoms with Crippen molar-refractivity contribution in [3.63, 3.8) is 0 Å². The molecule has 0 aliphatic rings. The molecule has 2 heteroatoms. The SMILES string of the molecule is CC(Cc1ccccc1)NC(C)c1ccc(N(C)C)cc1. The van der Waals surface area contributed by atoms with E-state index in [9.17, 15) is 0 Å². The molecule has 0 spiro atoms. The molecular formula is C19H26N2. The Morgan fingerprint density at radius 1 is 0.905 bits per heavy atom. The smallest absolute Gasteiger partial charge is 0.0361 e. The summed E-state index contributed by atoms with van der Waals surface area (Å²) >= 11 is 0. The fourth-order valence-electron chi connectivity index (χ4n) is 2.61. The molecule has 2 atom stereocenters. The first kappa shape index (κ1) is 15.6. The Hall–Kier alpha value is -1.80. The molecule has 0 aliphatic heterocycles. The highest BCUT2D eigenvalue weighted by Gasteiger charge is 2.10. The van der Waals surface area contributed by atoms with E-state index in [4.69, 9.17) is 0 Å². The first-order valence-corrected chi connectivity index (χ1v) is 7.63. The van der Waals surface area contributed by atoms with E-state index in [0.29, 0.717) is 12.1 Å². The Balaban J connectivity index is 1.92. The predicted molar refractivity (Wildman–Crippen MR) is 91.9 cm³/mol. The van der Waals surface area contributed by atoms with Crippen LogP contribution in [-0.2, 0) is 6.42 Å². The van der Waals surface area contributed by atoms with Crippen LogP contribution in [0.15, 0.2) is 54.6 Å². The van der Waals surface area contributed by atoms with Crippen molar-refractivity contribution < 1.29 is 0 Å². The molecule has 0 heterocycles. The van der Waals surface area contributed by atoms with Gasteiger partial charge < -0.3 is 10.2 Å². The summed E-state index contributed by atoms with van der Waals surface area (Å²) in [6, 6.07) is 20.2. The van der Waals surface area contributed by atoms with Crippen LogP contribution in [0.4, 0.5) is 5.69 Å². The normalized spacial score (nSPS) is 13.7. The highest BCUT2D eigenvalue weighted by Crippen LogP contribution is 2.18. The van der Waals surface area contributed by atoms with E-state index < -0.39 is 0 Å². The van der Waals surface area contributed by atoms with Crippen LogP contribution in [0.2, 0.25) is 0 Å². The molecule has 0 radical (unpaired) electrons. The Morgan fingerprint density at radius 2 is 1.52 bits per heavy atom. The van der Waals surface area contributed by atoms with E-state index >= 15 is 0 Å². The van der Waals surface area contributed by atoms with Crippen molar-refractivity contribution in [2.75, 3.05) is 19.0 Å². The van der Waals surface area contributed by atoms with Crippen LogP contribution in [-0.4, -0.2) is 20.1 Å². The van der Waals surface area contributed by atoms with Crippen LogP contribution in [0, 0.1) is 0 Å². The topological polar surface area (TPSA) is 15.3 Å². The van der Waals surface area contributed by atoms with Crippen molar-refractivity contribution in [1.29, 1.82) is 0 Å². The summed E-state index contributed by atoms with van der Waals surface area (Å²) in [5.74, 6) is 0. The first-order chi connectivity index (χ1) is 10.1. The third-order valence-electron chi connectivity index (χ3n) is 3.83. The third-order valence-corrected chi connectivity index (χ3v) is 3.83. The van der Waals surface area contributed by atoms with Gasteiger partial charge in [0, 0.05) is 31.9 Å². The molecule has 0 aliphatic carbocycles. The molecule has 112 valence electrons. The van der Waals surface area contributed by atoms with Crippen LogP contribution >= 0.6 is 0 Å². The number of rotatable bonds is 6. The standard InChI is InChI=1S/C19H26N2/c1-15(14-17-8-6-5-7-9-17)20-16(2)18-10-12-19(13-11-18)21(3)4/h5-13,15-16,20H,14H2,1-4H3. The Kier molecular flexibility index (Phi) is 5.40. The molecule has 2 aromatic carbocycles. The maximum atomic E-state index is 3.68. The van der Waals surface area contributed by atoms with E-state index in [1.165, 1.54) is 16.8 Å². The van der Waals surface area contributed by atoms with Gasteiger partial charge in [0.05, 0.1) is 0 Å². The van der Waals surface area contributed by atoms with Crippen molar-refractivity contribution in [2.45, 2.75) is 32.4 Å². The molecule has 1 N–H and O–H groups in total. The van der Waals surface area contributed by atoms with Gasteiger partial charge in [-0.25, -0.2) is 0 Å². The number of anilines is 1. The van der Waals surface area contributed by atoms with E-state index in [-0.39, 0.29) is 0 Å². The van der Waals surface area contributed by atoms with Gasteiger partial charge in [-0.15, -0.1) is 0 Å². The van der Waals surface area contributed by atoms with Gasteiger partial charge in [0.1, 0.15) is 0 Å². The van der Waals surface area contributed by atoms with Gasteiger partial charge >= 0.3 is 0 Å². The van der Waals surface area contributed by atoms with Crippen molar-refractivity contribution in [3.05, 3.63) is 65.7 Å². The first-order valence-electron chi connectivity index (χ1n) is 7.63. The molecule has 0 aromatic heterocycles. The second-order valence-electron chi connectivity index (χ2n) is 5.97. The number of benzene rings is 2. The minimum atomic E-state index is 0.361.